The molecule has 1 amide bonds. The third-order valence-electron chi connectivity index (χ3n) is 3.49. The van der Waals surface area contributed by atoms with E-state index in [2.05, 4.69) is 15.3 Å². The van der Waals surface area contributed by atoms with Gasteiger partial charge in [0.1, 0.15) is 31.6 Å². The van der Waals surface area contributed by atoms with Gasteiger partial charge in [-0.25, -0.2) is 14.8 Å². The molecule has 0 spiro atoms. The molecule has 2 radical (unpaired) electrons. The van der Waals surface area contributed by atoms with Crippen molar-refractivity contribution >= 4 is 48.2 Å². The number of rotatable bonds is 2. The fourth-order valence-electron chi connectivity index (χ4n) is 2.41. The molecule has 2 heterocycles. The van der Waals surface area contributed by atoms with E-state index in [-0.39, 0.29) is 5.28 Å². The van der Waals surface area contributed by atoms with Crippen molar-refractivity contribution in [2.24, 2.45) is 0 Å². The molecular formula is C17H18BClN4O3. The van der Waals surface area contributed by atoms with Gasteiger partial charge in [-0.05, 0) is 56.0 Å². The Balaban J connectivity index is 1.89. The monoisotopic (exact) mass is 372 g/mol. The smallest absolute Gasteiger partial charge is 0.415 e. The summed E-state index contributed by atoms with van der Waals surface area (Å²) in [4.78, 5) is 21.9. The number of aromatic nitrogens is 2. The minimum Gasteiger partial charge on any atom is -0.490 e. The van der Waals surface area contributed by atoms with Crippen LogP contribution < -0.4 is 20.4 Å². The Kier molecular flexibility index (Phi) is 4.95. The molecule has 3 rings (SSSR count). The number of nitrogens with zero attached hydrogens (tertiary/aromatic N) is 3. The number of hydrogen-bond acceptors (Lipinski definition) is 6. The zero-order valence-corrected chi connectivity index (χ0v) is 15.5. The molecule has 1 N–H and O–H groups in total. The standard InChI is InChI=1S/C17H18BClN4O3/c1-17(2,3)26-16(24)23-6-7-25-13-5-4-10(8-12(13)23)21-14-11(18)9-20-15(19)22-14/h4-5,8-9H,6-7H2,1-3H3,(H,20,21,22). The molecule has 0 bridgehead atoms. The summed E-state index contributed by atoms with van der Waals surface area (Å²) in [6, 6.07) is 5.34. The third kappa shape index (κ3) is 4.19. The Morgan fingerprint density at radius 2 is 2.19 bits per heavy atom. The molecule has 9 heteroatoms. The van der Waals surface area contributed by atoms with Gasteiger partial charge in [0.25, 0.3) is 0 Å². The van der Waals surface area contributed by atoms with E-state index in [0.29, 0.717) is 41.6 Å². The van der Waals surface area contributed by atoms with Gasteiger partial charge in [-0.1, -0.05) is 0 Å². The summed E-state index contributed by atoms with van der Waals surface area (Å²) in [7, 11) is 5.86. The van der Waals surface area contributed by atoms with Gasteiger partial charge in [0, 0.05) is 11.9 Å². The van der Waals surface area contributed by atoms with Gasteiger partial charge < -0.3 is 14.8 Å². The topological polar surface area (TPSA) is 76.6 Å². The first-order chi connectivity index (χ1) is 12.2. The predicted octanol–water partition coefficient (Wildman–Crippen LogP) is 2.80. The predicted molar refractivity (Wildman–Crippen MR) is 101 cm³/mol. The highest BCUT2D eigenvalue weighted by molar-refractivity contribution is 6.36. The second kappa shape index (κ2) is 7.03. The molecule has 1 aromatic carbocycles. The van der Waals surface area contributed by atoms with Crippen LogP contribution in [0, 0.1) is 0 Å². The Bertz CT molecular complexity index is 841. The average Bonchev–Trinajstić information content (AvgIpc) is 2.56. The molecule has 7 nitrogen and oxygen atoms in total. The van der Waals surface area contributed by atoms with Gasteiger partial charge in [0.2, 0.25) is 5.28 Å². The first-order valence-electron chi connectivity index (χ1n) is 8.05. The first-order valence-corrected chi connectivity index (χ1v) is 8.43. The van der Waals surface area contributed by atoms with E-state index in [0.717, 1.165) is 0 Å². The van der Waals surface area contributed by atoms with Crippen molar-refractivity contribution in [2.45, 2.75) is 26.4 Å². The minimum absolute atomic E-state index is 0.0818. The second-order valence-corrected chi connectivity index (χ2v) is 7.07. The highest BCUT2D eigenvalue weighted by Crippen LogP contribution is 2.35. The fraction of sp³-hybridized carbons (Fsp3) is 0.353. The molecule has 2 aromatic rings. The maximum atomic E-state index is 12.5. The van der Waals surface area contributed by atoms with Gasteiger partial charge in [0.05, 0.1) is 12.2 Å². The molecule has 0 saturated carbocycles. The van der Waals surface area contributed by atoms with Crippen molar-refractivity contribution in [2.75, 3.05) is 23.4 Å². The number of amides is 1. The lowest BCUT2D eigenvalue weighted by atomic mass is 9.99. The first kappa shape index (κ1) is 18.3. The lowest BCUT2D eigenvalue weighted by molar-refractivity contribution is 0.0568. The molecule has 26 heavy (non-hydrogen) atoms. The number of benzene rings is 1. The maximum absolute atomic E-state index is 12.5. The highest BCUT2D eigenvalue weighted by Gasteiger charge is 2.28. The number of halogens is 1. The average molecular weight is 373 g/mol. The molecular weight excluding hydrogens is 354 g/mol. The van der Waals surface area contributed by atoms with E-state index in [1.807, 2.05) is 20.8 Å². The van der Waals surface area contributed by atoms with Crippen LogP contribution in [0.25, 0.3) is 0 Å². The van der Waals surface area contributed by atoms with Crippen LogP contribution in [0.2, 0.25) is 5.28 Å². The van der Waals surface area contributed by atoms with Crippen LogP contribution in [0.15, 0.2) is 24.4 Å². The summed E-state index contributed by atoms with van der Waals surface area (Å²) in [5.41, 5.74) is 1.04. The van der Waals surface area contributed by atoms with Crippen LogP contribution in [0.5, 0.6) is 5.75 Å². The summed E-state index contributed by atoms with van der Waals surface area (Å²) in [5, 5.41) is 3.16. The number of ether oxygens (including phenoxy) is 2. The Labute approximate surface area is 158 Å². The van der Waals surface area contributed by atoms with E-state index in [1.54, 1.807) is 23.1 Å². The van der Waals surface area contributed by atoms with E-state index in [9.17, 15) is 4.79 Å². The molecule has 134 valence electrons. The number of nitrogens with one attached hydrogen (secondary N) is 1. The van der Waals surface area contributed by atoms with E-state index < -0.39 is 11.7 Å². The second-order valence-electron chi connectivity index (χ2n) is 6.73. The van der Waals surface area contributed by atoms with Crippen molar-refractivity contribution < 1.29 is 14.3 Å². The van der Waals surface area contributed by atoms with Crippen molar-refractivity contribution in [3.05, 3.63) is 29.7 Å². The summed E-state index contributed by atoms with van der Waals surface area (Å²) < 4.78 is 11.1. The number of fused-ring (bicyclic) bond motifs is 1. The molecule has 0 aliphatic carbocycles. The summed E-state index contributed by atoms with van der Waals surface area (Å²) in [5.74, 6) is 0.979. The van der Waals surface area contributed by atoms with Crippen molar-refractivity contribution in [3.63, 3.8) is 0 Å². The van der Waals surface area contributed by atoms with Crippen LogP contribution in [-0.2, 0) is 4.74 Å². The van der Waals surface area contributed by atoms with E-state index in [1.165, 1.54) is 6.20 Å². The summed E-state index contributed by atoms with van der Waals surface area (Å²) in [6.07, 6.45) is 0.996. The Hall–Kier alpha value is -2.48. The maximum Gasteiger partial charge on any atom is 0.415 e. The third-order valence-corrected chi connectivity index (χ3v) is 3.67. The van der Waals surface area contributed by atoms with Crippen molar-refractivity contribution in [3.8, 4) is 5.75 Å². The van der Waals surface area contributed by atoms with E-state index >= 15 is 0 Å². The number of carbonyl (C=O) groups is 1. The SMILES string of the molecule is [B]c1cnc(Cl)nc1Nc1ccc2c(c1)N(C(=O)OC(C)(C)C)CCO2. The molecule has 0 atom stereocenters. The molecule has 0 fully saturated rings. The zero-order chi connectivity index (χ0) is 18.9. The van der Waals surface area contributed by atoms with Crippen LogP contribution in [-0.4, -0.2) is 42.7 Å². The van der Waals surface area contributed by atoms with E-state index in [4.69, 9.17) is 28.9 Å². The van der Waals surface area contributed by atoms with Crippen LogP contribution >= 0.6 is 11.6 Å². The highest BCUT2D eigenvalue weighted by atomic mass is 35.5. The van der Waals surface area contributed by atoms with Gasteiger partial charge >= 0.3 is 6.09 Å². The van der Waals surface area contributed by atoms with Crippen LogP contribution in [0.1, 0.15) is 20.8 Å². The van der Waals surface area contributed by atoms with Gasteiger partial charge in [-0.15, -0.1) is 0 Å². The quantitative estimate of drug-likeness (QED) is 0.645. The number of hydrogen-bond donors (Lipinski definition) is 1. The van der Waals surface area contributed by atoms with Gasteiger partial charge in [-0.3, -0.25) is 4.90 Å². The van der Waals surface area contributed by atoms with Crippen molar-refractivity contribution in [1.29, 1.82) is 0 Å². The fourth-order valence-corrected chi connectivity index (χ4v) is 2.54. The van der Waals surface area contributed by atoms with Crippen LogP contribution in [0.3, 0.4) is 0 Å². The summed E-state index contributed by atoms with van der Waals surface area (Å²) in [6.45, 7) is 6.27. The molecule has 1 aliphatic rings. The summed E-state index contributed by atoms with van der Waals surface area (Å²) >= 11 is 5.82. The van der Waals surface area contributed by atoms with Gasteiger partial charge in [0.15, 0.2) is 0 Å². The number of anilines is 3. The van der Waals surface area contributed by atoms with Gasteiger partial charge in [-0.2, -0.15) is 0 Å². The minimum atomic E-state index is -0.586. The molecule has 1 aliphatic heterocycles. The number of carbonyl (C=O) groups excluding carboxylic acids is 1. The normalized spacial score (nSPS) is 13.6. The lowest BCUT2D eigenvalue weighted by Gasteiger charge is -2.32. The molecule has 1 aromatic heterocycles. The largest absolute Gasteiger partial charge is 0.490 e. The Morgan fingerprint density at radius 3 is 2.92 bits per heavy atom. The zero-order valence-electron chi connectivity index (χ0n) is 14.7. The van der Waals surface area contributed by atoms with Crippen LogP contribution in [0.4, 0.5) is 22.0 Å². The molecule has 0 saturated heterocycles. The lowest BCUT2D eigenvalue weighted by Crippen LogP contribution is -2.41. The Morgan fingerprint density at radius 1 is 1.42 bits per heavy atom. The van der Waals surface area contributed by atoms with Crippen molar-refractivity contribution in [1.82, 2.24) is 9.97 Å². The molecule has 0 unspecified atom stereocenters.